The van der Waals surface area contributed by atoms with E-state index in [0.717, 1.165) is 22.5 Å². The van der Waals surface area contributed by atoms with Crippen LogP contribution in [0.2, 0.25) is 0 Å². The Balaban J connectivity index is 1.88. The van der Waals surface area contributed by atoms with Gasteiger partial charge in [0.15, 0.2) is 5.78 Å². The first-order chi connectivity index (χ1) is 12.5. The summed E-state index contributed by atoms with van der Waals surface area (Å²) in [5.74, 6) is -0.0331. The van der Waals surface area contributed by atoms with Crippen molar-refractivity contribution in [2.75, 3.05) is 38.0 Å². The SMILES string of the molecule is CN(C)c1ccc(/C=C/C=C/C(=O)/C=C/c2ccc(N(C)C)cc2)cc1. The molecule has 3 nitrogen and oxygen atoms in total. The van der Waals surface area contributed by atoms with Crippen molar-refractivity contribution in [2.45, 2.75) is 0 Å². The molecule has 2 rings (SSSR count). The predicted molar refractivity (Wildman–Crippen MR) is 114 cm³/mol. The molecule has 0 amide bonds. The van der Waals surface area contributed by atoms with Gasteiger partial charge in [-0.25, -0.2) is 0 Å². The summed E-state index contributed by atoms with van der Waals surface area (Å²) < 4.78 is 0. The maximum atomic E-state index is 11.9. The molecule has 0 unspecified atom stereocenters. The largest absolute Gasteiger partial charge is 0.378 e. The van der Waals surface area contributed by atoms with E-state index in [-0.39, 0.29) is 5.78 Å². The summed E-state index contributed by atoms with van der Waals surface area (Å²) in [6.07, 6.45) is 10.6. The normalized spacial score (nSPS) is 11.5. The molecule has 26 heavy (non-hydrogen) atoms. The van der Waals surface area contributed by atoms with E-state index in [2.05, 4.69) is 29.2 Å². The lowest BCUT2D eigenvalue weighted by atomic mass is 10.1. The topological polar surface area (TPSA) is 23.6 Å². The maximum Gasteiger partial charge on any atom is 0.178 e. The summed E-state index contributed by atoms with van der Waals surface area (Å²) in [5.41, 5.74) is 4.41. The Kier molecular flexibility index (Phi) is 6.98. The molecule has 0 fully saturated rings. The van der Waals surface area contributed by atoms with Gasteiger partial charge in [-0.05, 0) is 47.5 Å². The highest BCUT2D eigenvalue weighted by molar-refractivity contribution is 6.02. The van der Waals surface area contributed by atoms with Crippen molar-refractivity contribution in [3.8, 4) is 0 Å². The Bertz CT molecular complexity index is 795. The van der Waals surface area contributed by atoms with E-state index in [1.807, 2.05) is 75.6 Å². The van der Waals surface area contributed by atoms with Gasteiger partial charge in [-0.1, -0.05) is 48.6 Å². The molecule has 0 saturated carbocycles. The van der Waals surface area contributed by atoms with E-state index in [4.69, 9.17) is 0 Å². The molecule has 0 heterocycles. The fourth-order valence-corrected chi connectivity index (χ4v) is 2.32. The average molecular weight is 346 g/mol. The Morgan fingerprint density at radius 1 is 0.654 bits per heavy atom. The molecule has 134 valence electrons. The predicted octanol–water partition coefficient (Wildman–Crippen LogP) is 4.67. The quantitative estimate of drug-likeness (QED) is 0.538. The molecule has 0 N–H and O–H groups in total. The average Bonchev–Trinajstić information content (AvgIpc) is 2.64. The van der Waals surface area contributed by atoms with Crippen LogP contribution in [0.3, 0.4) is 0 Å². The van der Waals surface area contributed by atoms with E-state index < -0.39 is 0 Å². The summed E-state index contributed by atoms with van der Waals surface area (Å²) in [7, 11) is 8.04. The number of carbonyl (C=O) groups excluding carboxylic acids is 1. The standard InChI is InChI=1S/C23H26N2O/c1-24(2)21-14-9-19(10-15-21)7-5-6-8-23(26)18-13-20-11-16-22(17-12-20)25(3)4/h5-18H,1-4H3/b7-5+,8-6+,18-13+. The van der Waals surface area contributed by atoms with Crippen LogP contribution in [0.1, 0.15) is 11.1 Å². The van der Waals surface area contributed by atoms with Crippen LogP contribution >= 0.6 is 0 Å². The third-order valence-electron chi connectivity index (χ3n) is 3.92. The Morgan fingerprint density at radius 2 is 1.12 bits per heavy atom. The van der Waals surface area contributed by atoms with Crippen molar-refractivity contribution in [3.05, 3.63) is 84.0 Å². The molecule has 0 atom stereocenters. The molecule has 0 aliphatic heterocycles. The molecule has 0 saturated heterocycles. The van der Waals surface area contributed by atoms with Crippen LogP contribution in [-0.4, -0.2) is 34.0 Å². The van der Waals surface area contributed by atoms with Gasteiger partial charge in [0.25, 0.3) is 0 Å². The van der Waals surface area contributed by atoms with Gasteiger partial charge in [-0.2, -0.15) is 0 Å². The molecule has 3 heteroatoms. The molecule has 0 aromatic heterocycles. The summed E-state index contributed by atoms with van der Waals surface area (Å²) in [6.45, 7) is 0. The number of allylic oxidation sites excluding steroid dienone is 4. The molecular weight excluding hydrogens is 320 g/mol. The molecule has 0 spiro atoms. The number of carbonyl (C=O) groups is 1. The van der Waals surface area contributed by atoms with Crippen molar-refractivity contribution in [3.63, 3.8) is 0 Å². The van der Waals surface area contributed by atoms with Crippen molar-refractivity contribution in [2.24, 2.45) is 0 Å². The molecule has 0 bridgehead atoms. The van der Waals surface area contributed by atoms with E-state index in [1.165, 1.54) is 0 Å². The number of ketones is 1. The zero-order valence-electron chi connectivity index (χ0n) is 15.9. The van der Waals surface area contributed by atoms with Crippen molar-refractivity contribution < 1.29 is 4.79 Å². The third-order valence-corrected chi connectivity index (χ3v) is 3.92. The van der Waals surface area contributed by atoms with E-state index in [1.54, 1.807) is 18.2 Å². The van der Waals surface area contributed by atoms with Gasteiger partial charge in [0, 0.05) is 39.6 Å². The zero-order chi connectivity index (χ0) is 18.9. The fraction of sp³-hybridized carbons (Fsp3) is 0.174. The van der Waals surface area contributed by atoms with Crippen LogP contribution in [-0.2, 0) is 4.79 Å². The van der Waals surface area contributed by atoms with Crippen molar-refractivity contribution >= 4 is 29.3 Å². The monoisotopic (exact) mass is 346 g/mol. The molecule has 0 aliphatic carbocycles. The number of rotatable bonds is 7. The lowest BCUT2D eigenvalue weighted by Gasteiger charge is -2.11. The molecule has 2 aromatic carbocycles. The number of hydrogen-bond acceptors (Lipinski definition) is 3. The second kappa shape index (κ2) is 9.42. The van der Waals surface area contributed by atoms with Crippen LogP contribution in [0.5, 0.6) is 0 Å². The number of nitrogens with zero attached hydrogens (tertiary/aromatic N) is 2. The minimum absolute atomic E-state index is 0.0331. The second-order valence-corrected chi connectivity index (χ2v) is 6.43. The molecular formula is C23H26N2O. The van der Waals surface area contributed by atoms with Gasteiger partial charge in [-0.15, -0.1) is 0 Å². The first-order valence-electron chi connectivity index (χ1n) is 8.57. The van der Waals surface area contributed by atoms with Crippen LogP contribution in [0.25, 0.3) is 12.2 Å². The van der Waals surface area contributed by atoms with Crippen LogP contribution in [0, 0.1) is 0 Å². The van der Waals surface area contributed by atoms with Gasteiger partial charge >= 0.3 is 0 Å². The zero-order valence-corrected chi connectivity index (χ0v) is 15.9. The van der Waals surface area contributed by atoms with Gasteiger partial charge < -0.3 is 9.80 Å². The van der Waals surface area contributed by atoms with E-state index in [0.29, 0.717) is 0 Å². The lowest BCUT2D eigenvalue weighted by Crippen LogP contribution is -2.07. The minimum Gasteiger partial charge on any atom is -0.378 e. The summed E-state index contributed by atoms with van der Waals surface area (Å²) >= 11 is 0. The van der Waals surface area contributed by atoms with Crippen LogP contribution in [0.15, 0.2) is 72.8 Å². The Labute approximate surface area is 156 Å². The Morgan fingerprint density at radius 3 is 1.58 bits per heavy atom. The van der Waals surface area contributed by atoms with Gasteiger partial charge in [0.05, 0.1) is 0 Å². The summed E-state index contributed by atoms with van der Waals surface area (Å²) in [5, 5.41) is 0. The highest BCUT2D eigenvalue weighted by atomic mass is 16.1. The Hall–Kier alpha value is -3.07. The van der Waals surface area contributed by atoms with Gasteiger partial charge in [-0.3, -0.25) is 4.79 Å². The first kappa shape index (κ1) is 19.3. The van der Waals surface area contributed by atoms with E-state index >= 15 is 0 Å². The molecule has 0 aliphatic rings. The fourth-order valence-electron chi connectivity index (χ4n) is 2.32. The van der Waals surface area contributed by atoms with Crippen molar-refractivity contribution in [1.82, 2.24) is 0 Å². The smallest absolute Gasteiger partial charge is 0.178 e. The highest BCUT2D eigenvalue weighted by Crippen LogP contribution is 2.14. The van der Waals surface area contributed by atoms with Crippen LogP contribution in [0.4, 0.5) is 11.4 Å². The maximum absolute atomic E-state index is 11.9. The van der Waals surface area contributed by atoms with Gasteiger partial charge in [0.1, 0.15) is 0 Å². The first-order valence-corrected chi connectivity index (χ1v) is 8.57. The minimum atomic E-state index is -0.0331. The second-order valence-electron chi connectivity index (χ2n) is 6.43. The highest BCUT2D eigenvalue weighted by Gasteiger charge is 1.95. The van der Waals surface area contributed by atoms with Crippen LogP contribution < -0.4 is 9.80 Å². The van der Waals surface area contributed by atoms with E-state index in [9.17, 15) is 4.79 Å². The lowest BCUT2D eigenvalue weighted by molar-refractivity contribution is -0.110. The number of hydrogen-bond donors (Lipinski definition) is 0. The summed E-state index contributed by atoms with van der Waals surface area (Å²) in [4.78, 5) is 16.0. The molecule has 0 radical (unpaired) electrons. The third kappa shape index (κ3) is 6.10. The number of benzene rings is 2. The van der Waals surface area contributed by atoms with Crippen molar-refractivity contribution in [1.29, 1.82) is 0 Å². The molecule has 2 aromatic rings. The summed E-state index contributed by atoms with van der Waals surface area (Å²) in [6, 6.07) is 16.3. The number of anilines is 2. The van der Waals surface area contributed by atoms with Gasteiger partial charge in [0.2, 0.25) is 0 Å².